The zero-order chi connectivity index (χ0) is 28.2. The highest BCUT2D eigenvalue weighted by molar-refractivity contribution is 5.30. The highest BCUT2D eigenvalue weighted by Gasteiger charge is 2.47. The Hall–Kier alpha value is -1.72. The Balaban J connectivity index is -0.000000343. The monoisotopic (exact) mass is 506 g/mol. The molecule has 0 bridgehead atoms. The second kappa shape index (κ2) is 30.3. The molecule has 1 aliphatic rings. The van der Waals surface area contributed by atoms with Crippen molar-refractivity contribution in [1.82, 2.24) is 10.6 Å². The molecule has 2 rings (SSSR count). The minimum absolute atomic E-state index is 0.120. The zero-order valence-electron chi connectivity index (χ0n) is 23.4. The fraction of sp³-hybridized carbons (Fsp3) is 0.692. The molecule has 1 aromatic rings. The first-order valence-electron chi connectivity index (χ1n) is 12.2. The average Bonchev–Trinajstić information content (AvgIpc) is 3.20. The molecule has 0 spiro atoms. The van der Waals surface area contributed by atoms with Crippen molar-refractivity contribution in [2.45, 2.75) is 59.5 Å². The summed E-state index contributed by atoms with van der Waals surface area (Å²) < 4.78 is 11.1. The smallest absolute Gasteiger partial charge is 0.160 e. The van der Waals surface area contributed by atoms with E-state index in [9.17, 15) is 20.4 Å². The number of phenols is 1. The summed E-state index contributed by atoms with van der Waals surface area (Å²) in [5.41, 5.74) is 0. The molecule has 0 amide bonds. The summed E-state index contributed by atoms with van der Waals surface area (Å²) in [6, 6.07) is 6.14. The van der Waals surface area contributed by atoms with E-state index in [0.717, 1.165) is 7.11 Å². The lowest BCUT2D eigenvalue weighted by Crippen LogP contribution is -2.39. The van der Waals surface area contributed by atoms with Gasteiger partial charge in [0.05, 0.1) is 12.7 Å². The molecule has 35 heavy (non-hydrogen) atoms. The molecule has 1 aliphatic carbocycles. The molecule has 0 radical (unpaired) electrons. The number of aliphatic hydroxyl groups excluding tert-OH is 4. The lowest BCUT2D eigenvalue weighted by atomic mass is 10.0. The summed E-state index contributed by atoms with van der Waals surface area (Å²) in [6.45, 7) is 14.0. The Kier molecular flexibility index (Phi) is 35.0. The Morgan fingerprint density at radius 1 is 1.09 bits per heavy atom. The second-order valence-electron chi connectivity index (χ2n) is 6.68. The highest BCUT2D eigenvalue weighted by Crippen LogP contribution is 2.37. The predicted octanol–water partition coefficient (Wildman–Crippen LogP) is 2.37. The van der Waals surface area contributed by atoms with Crippen LogP contribution in [0.3, 0.4) is 0 Å². The molecule has 0 heterocycles. The van der Waals surface area contributed by atoms with Gasteiger partial charge in [0.25, 0.3) is 0 Å². The summed E-state index contributed by atoms with van der Waals surface area (Å²) in [4.78, 5) is 0. The van der Waals surface area contributed by atoms with E-state index >= 15 is 0 Å². The van der Waals surface area contributed by atoms with Crippen LogP contribution in [0.4, 0.5) is 0 Å². The lowest BCUT2D eigenvalue weighted by molar-refractivity contribution is -0.155. The molecule has 210 valence electrons. The van der Waals surface area contributed by atoms with Crippen LogP contribution in [0.25, 0.3) is 0 Å². The van der Waals surface area contributed by atoms with Crippen molar-refractivity contribution >= 4 is 0 Å². The van der Waals surface area contributed by atoms with E-state index in [1.807, 2.05) is 48.7 Å². The van der Waals surface area contributed by atoms with Gasteiger partial charge in [-0.05, 0) is 58.8 Å². The molecule has 0 saturated heterocycles. The van der Waals surface area contributed by atoms with Gasteiger partial charge in [-0.15, -0.1) is 6.58 Å². The van der Waals surface area contributed by atoms with Gasteiger partial charge in [0.2, 0.25) is 0 Å². The molecule has 1 aromatic carbocycles. The quantitative estimate of drug-likeness (QED) is 0.161. The molecule has 1 fully saturated rings. The van der Waals surface area contributed by atoms with Crippen LogP contribution < -0.4 is 15.4 Å². The normalized spacial score (nSPS) is 20.3. The van der Waals surface area contributed by atoms with Crippen LogP contribution in [0.2, 0.25) is 0 Å². The SMILES string of the molecule is C=CC.CC.CC.CNC.CNCCOC(O)C1CC(CO)C(Oc2ccc(O)cc2)C1O.CO. The molecule has 9 nitrogen and oxygen atoms in total. The summed E-state index contributed by atoms with van der Waals surface area (Å²) in [7, 11) is 6.53. The molecule has 5 atom stereocenters. The van der Waals surface area contributed by atoms with Crippen LogP contribution >= 0.6 is 0 Å². The topological polar surface area (TPSA) is 144 Å². The van der Waals surface area contributed by atoms with Crippen LogP contribution in [-0.2, 0) is 4.74 Å². The van der Waals surface area contributed by atoms with Crippen LogP contribution in [0.5, 0.6) is 11.5 Å². The van der Waals surface area contributed by atoms with Gasteiger partial charge in [-0.1, -0.05) is 33.8 Å². The Labute approximate surface area is 213 Å². The minimum atomic E-state index is -1.11. The minimum Gasteiger partial charge on any atom is -0.508 e. The number of nitrogens with one attached hydrogen (secondary N) is 2. The first kappa shape index (κ1) is 40.4. The first-order valence-corrected chi connectivity index (χ1v) is 12.2. The third kappa shape index (κ3) is 19.2. The molecule has 0 aromatic heterocycles. The summed E-state index contributed by atoms with van der Waals surface area (Å²) in [5.74, 6) is -0.219. The second-order valence-corrected chi connectivity index (χ2v) is 6.68. The zero-order valence-corrected chi connectivity index (χ0v) is 23.4. The van der Waals surface area contributed by atoms with Gasteiger partial charge in [0.1, 0.15) is 17.6 Å². The van der Waals surface area contributed by atoms with Gasteiger partial charge in [0.15, 0.2) is 6.29 Å². The Morgan fingerprint density at radius 3 is 1.94 bits per heavy atom. The number of aromatic hydroxyl groups is 1. The van der Waals surface area contributed by atoms with Crippen molar-refractivity contribution < 1.29 is 35.0 Å². The molecule has 0 aliphatic heterocycles. The maximum atomic E-state index is 10.5. The fourth-order valence-electron chi connectivity index (χ4n) is 2.86. The van der Waals surface area contributed by atoms with Gasteiger partial charge in [-0.25, -0.2) is 0 Å². The van der Waals surface area contributed by atoms with E-state index in [2.05, 4.69) is 17.2 Å². The third-order valence-electron chi connectivity index (χ3n) is 4.17. The summed E-state index contributed by atoms with van der Waals surface area (Å²) >= 11 is 0. The number of phenolic OH excluding ortho intramolecular Hbond substituents is 1. The van der Waals surface area contributed by atoms with E-state index in [1.165, 1.54) is 12.1 Å². The number of rotatable bonds is 8. The number of likely N-dealkylation sites (N-methyl/N-ethyl adjacent to an activating group) is 1. The van der Waals surface area contributed by atoms with Gasteiger partial charge in [0, 0.05) is 32.1 Å². The van der Waals surface area contributed by atoms with E-state index < -0.39 is 24.4 Å². The van der Waals surface area contributed by atoms with Crippen molar-refractivity contribution in [1.29, 1.82) is 0 Å². The average molecular weight is 507 g/mol. The standard InChI is InChI=1S/C16H25NO6.C3H6.C2H7N.2C2H6.CH4O/c1-17-6-7-22-16(21)13-8-10(9-18)15(14(13)20)23-12-4-2-11(19)3-5-12;2*1-3-2;3*1-2/h2-5,10,13-21H,6-9H2,1H3;3H,1H2,2H3;3H,1-2H3;2*1-2H3;2H,1H3. The highest BCUT2D eigenvalue weighted by atomic mass is 16.6. The lowest BCUT2D eigenvalue weighted by Gasteiger charge is -2.25. The third-order valence-corrected chi connectivity index (χ3v) is 4.17. The summed E-state index contributed by atoms with van der Waals surface area (Å²) in [5, 5.41) is 52.0. The van der Waals surface area contributed by atoms with Crippen LogP contribution in [0.15, 0.2) is 36.9 Å². The van der Waals surface area contributed by atoms with Gasteiger partial charge in [-0.3, -0.25) is 0 Å². The van der Waals surface area contributed by atoms with Crippen molar-refractivity contribution in [3.05, 3.63) is 36.9 Å². The molecule has 5 unspecified atom stereocenters. The van der Waals surface area contributed by atoms with Gasteiger partial charge >= 0.3 is 0 Å². The van der Waals surface area contributed by atoms with Crippen molar-refractivity contribution in [3.8, 4) is 11.5 Å². The van der Waals surface area contributed by atoms with Crippen molar-refractivity contribution in [2.75, 3.05) is 48.0 Å². The van der Waals surface area contributed by atoms with Crippen molar-refractivity contribution in [2.24, 2.45) is 11.8 Å². The van der Waals surface area contributed by atoms with Gasteiger partial charge in [-0.2, -0.15) is 0 Å². The predicted molar refractivity (Wildman–Crippen MR) is 145 cm³/mol. The number of allylic oxidation sites excluding steroid dienone is 1. The first-order chi connectivity index (χ1) is 16.9. The number of benzene rings is 1. The number of aliphatic hydroxyl groups is 4. The largest absolute Gasteiger partial charge is 0.508 e. The van der Waals surface area contributed by atoms with E-state index in [1.54, 1.807) is 25.3 Å². The van der Waals surface area contributed by atoms with E-state index in [4.69, 9.17) is 14.6 Å². The maximum absolute atomic E-state index is 10.5. The maximum Gasteiger partial charge on any atom is 0.160 e. The van der Waals surface area contributed by atoms with Crippen LogP contribution in [0.1, 0.15) is 41.0 Å². The molecule has 7 N–H and O–H groups in total. The molecule has 1 saturated carbocycles. The molecular formula is C26H54N2O7. The number of hydrogen-bond acceptors (Lipinski definition) is 9. The molecular weight excluding hydrogens is 452 g/mol. The Bertz CT molecular complexity index is 533. The summed E-state index contributed by atoms with van der Waals surface area (Å²) in [6.07, 6.45) is -0.551. The van der Waals surface area contributed by atoms with Gasteiger partial charge < -0.3 is 45.6 Å². The van der Waals surface area contributed by atoms with Crippen LogP contribution in [0, 0.1) is 11.8 Å². The van der Waals surface area contributed by atoms with Crippen LogP contribution in [-0.4, -0.2) is 92.0 Å². The Morgan fingerprint density at radius 2 is 1.54 bits per heavy atom. The van der Waals surface area contributed by atoms with Crippen molar-refractivity contribution in [3.63, 3.8) is 0 Å². The number of hydrogen-bond donors (Lipinski definition) is 7. The van der Waals surface area contributed by atoms with E-state index in [-0.39, 0.29) is 18.3 Å². The molecule has 9 heteroatoms. The number of ether oxygens (including phenoxy) is 2. The van der Waals surface area contributed by atoms with E-state index in [0.29, 0.717) is 25.3 Å². The fourth-order valence-corrected chi connectivity index (χ4v) is 2.86.